The van der Waals surface area contributed by atoms with E-state index in [2.05, 4.69) is 47.1 Å². The Bertz CT molecular complexity index is 583. The molecule has 3 rings (SSSR count). The first-order valence-electron chi connectivity index (χ1n) is 8.23. The highest BCUT2D eigenvalue weighted by Gasteiger charge is 2.13. The molecule has 0 N–H and O–H groups in total. The quantitative estimate of drug-likeness (QED) is 0.847. The lowest BCUT2D eigenvalue weighted by molar-refractivity contribution is 0.153. The van der Waals surface area contributed by atoms with Crippen molar-refractivity contribution in [2.24, 2.45) is 0 Å². The van der Waals surface area contributed by atoms with E-state index < -0.39 is 0 Å². The van der Waals surface area contributed by atoms with Crippen molar-refractivity contribution in [2.75, 3.05) is 39.8 Å². The maximum absolute atomic E-state index is 4.29. The Morgan fingerprint density at radius 3 is 2.64 bits per heavy atom. The molecule has 0 bridgehead atoms. The van der Waals surface area contributed by atoms with Crippen LogP contribution in [0.1, 0.15) is 17.5 Å². The lowest BCUT2D eigenvalue weighted by Gasteiger charge is -2.32. The summed E-state index contributed by atoms with van der Waals surface area (Å²) in [5, 5.41) is 4.29. The van der Waals surface area contributed by atoms with Crippen LogP contribution in [-0.2, 0) is 6.42 Å². The Morgan fingerprint density at radius 1 is 1.14 bits per heavy atom. The first kappa shape index (κ1) is 15.3. The summed E-state index contributed by atoms with van der Waals surface area (Å²) in [5.74, 6) is 0. The summed E-state index contributed by atoms with van der Waals surface area (Å²) in [5.41, 5.74) is 3.97. The van der Waals surface area contributed by atoms with E-state index in [4.69, 9.17) is 0 Å². The van der Waals surface area contributed by atoms with Crippen LogP contribution in [0.2, 0.25) is 0 Å². The third kappa shape index (κ3) is 3.76. The zero-order chi connectivity index (χ0) is 15.4. The third-order valence-corrected chi connectivity index (χ3v) is 4.61. The van der Waals surface area contributed by atoms with E-state index in [0.717, 1.165) is 12.1 Å². The molecule has 118 valence electrons. The minimum Gasteiger partial charge on any atom is -0.304 e. The van der Waals surface area contributed by atoms with Crippen LogP contribution >= 0.6 is 0 Å². The summed E-state index contributed by atoms with van der Waals surface area (Å²) in [4.78, 5) is 5.00. The molecule has 0 amide bonds. The maximum Gasteiger partial charge on any atom is 0.0648 e. The van der Waals surface area contributed by atoms with Gasteiger partial charge in [-0.15, -0.1) is 0 Å². The Balaban J connectivity index is 1.52. The fraction of sp³-hybridized carbons (Fsp3) is 0.500. The largest absolute Gasteiger partial charge is 0.304 e. The molecule has 2 heterocycles. The number of aryl methyl sites for hydroxylation is 2. The van der Waals surface area contributed by atoms with Crippen LogP contribution in [0.15, 0.2) is 36.7 Å². The second-order valence-electron chi connectivity index (χ2n) is 6.31. The molecule has 0 radical (unpaired) electrons. The van der Waals surface area contributed by atoms with Crippen molar-refractivity contribution in [1.29, 1.82) is 0 Å². The first-order valence-corrected chi connectivity index (χ1v) is 8.23. The number of piperazine rings is 1. The van der Waals surface area contributed by atoms with Crippen molar-refractivity contribution in [3.8, 4) is 5.69 Å². The molecule has 2 aromatic rings. The van der Waals surface area contributed by atoms with Crippen LogP contribution < -0.4 is 0 Å². The molecule has 0 spiro atoms. The predicted molar refractivity (Wildman–Crippen MR) is 90.6 cm³/mol. The van der Waals surface area contributed by atoms with Gasteiger partial charge in [0.05, 0.1) is 5.69 Å². The van der Waals surface area contributed by atoms with Crippen LogP contribution in [0.4, 0.5) is 0 Å². The van der Waals surface area contributed by atoms with Crippen molar-refractivity contribution in [1.82, 2.24) is 19.6 Å². The molecule has 0 aliphatic carbocycles. The van der Waals surface area contributed by atoms with E-state index in [1.54, 1.807) is 0 Å². The summed E-state index contributed by atoms with van der Waals surface area (Å²) >= 11 is 0. The molecule has 4 heteroatoms. The topological polar surface area (TPSA) is 24.3 Å². The molecule has 1 fully saturated rings. The smallest absolute Gasteiger partial charge is 0.0648 e. The van der Waals surface area contributed by atoms with Gasteiger partial charge in [-0.05, 0) is 62.7 Å². The first-order chi connectivity index (χ1) is 10.7. The number of aromatic nitrogens is 2. The Morgan fingerprint density at radius 2 is 1.95 bits per heavy atom. The molecular formula is C18H26N4. The van der Waals surface area contributed by atoms with E-state index in [-0.39, 0.29) is 0 Å². The van der Waals surface area contributed by atoms with Crippen LogP contribution in [0.25, 0.3) is 5.69 Å². The minimum atomic E-state index is 1.14. The van der Waals surface area contributed by atoms with Crippen molar-refractivity contribution in [3.63, 3.8) is 0 Å². The molecule has 4 nitrogen and oxygen atoms in total. The monoisotopic (exact) mass is 298 g/mol. The number of rotatable bonds is 5. The van der Waals surface area contributed by atoms with Gasteiger partial charge in [-0.25, -0.2) is 4.68 Å². The predicted octanol–water partition coefficient (Wildman–Crippen LogP) is 2.36. The zero-order valence-corrected chi connectivity index (χ0v) is 13.7. The molecule has 1 aliphatic rings. The van der Waals surface area contributed by atoms with Gasteiger partial charge in [0.1, 0.15) is 0 Å². The number of hydrogen-bond acceptors (Lipinski definition) is 3. The number of benzene rings is 1. The molecule has 0 saturated carbocycles. The molecule has 1 aliphatic heterocycles. The van der Waals surface area contributed by atoms with Gasteiger partial charge < -0.3 is 9.80 Å². The molecule has 0 atom stereocenters. The highest BCUT2D eigenvalue weighted by molar-refractivity contribution is 5.39. The molecule has 1 saturated heterocycles. The van der Waals surface area contributed by atoms with Gasteiger partial charge in [0.25, 0.3) is 0 Å². The Kier molecular flexibility index (Phi) is 4.90. The highest BCUT2D eigenvalue weighted by atomic mass is 15.3. The molecule has 1 aromatic carbocycles. The Hall–Kier alpha value is -1.65. The van der Waals surface area contributed by atoms with Gasteiger partial charge in [-0.3, -0.25) is 0 Å². The van der Waals surface area contributed by atoms with Gasteiger partial charge >= 0.3 is 0 Å². The summed E-state index contributed by atoms with van der Waals surface area (Å²) < 4.78 is 1.92. The van der Waals surface area contributed by atoms with Gasteiger partial charge in [0.2, 0.25) is 0 Å². The molecule has 0 unspecified atom stereocenters. The highest BCUT2D eigenvalue weighted by Crippen LogP contribution is 2.16. The van der Waals surface area contributed by atoms with Crippen molar-refractivity contribution >= 4 is 0 Å². The van der Waals surface area contributed by atoms with Crippen LogP contribution in [-0.4, -0.2) is 59.4 Å². The molecule has 22 heavy (non-hydrogen) atoms. The van der Waals surface area contributed by atoms with Gasteiger partial charge in [-0.2, -0.15) is 5.10 Å². The van der Waals surface area contributed by atoms with E-state index >= 15 is 0 Å². The van der Waals surface area contributed by atoms with E-state index in [1.165, 1.54) is 50.3 Å². The van der Waals surface area contributed by atoms with Crippen LogP contribution in [0, 0.1) is 6.92 Å². The maximum atomic E-state index is 4.29. The van der Waals surface area contributed by atoms with Crippen LogP contribution in [0.3, 0.4) is 0 Å². The standard InChI is InChI=1S/C18H26N4/c1-16-15-18(22-10-4-8-19-22)7-6-17(16)5-3-9-21-13-11-20(2)12-14-21/h4,6-8,10,15H,3,5,9,11-14H2,1-2H3. The van der Waals surface area contributed by atoms with Crippen LogP contribution in [0.5, 0.6) is 0 Å². The minimum absolute atomic E-state index is 1.14. The van der Waals surface area contributed by atoms with Gasteiger partial charge in [-0.1, -0.05) is 6.07 Å². The van der Waals surface area contributed by atoms with Gasteiger partial charge in [0, 0.05) is 38.6 Å². The lowest BCUT2D eigenvalue weighted by atomic mass is 10.0. The second-order valence-corrected chi connectivity index (χ2v) is 6.31. The normalized spacial score (nSPS) is 17.0. The van der Waals surface area contributed by atoms with Crippen molar-refractivity contribution in [2.45, 2.75) is 19.8 Å². The summed E-state index contributed by atoms with van der Waals surface area (Å²) in [6.07, 6.45) is 6.21. The van der Waals surface area contributed by atoms with Gasteiger partial charge in [0.15, 0.2) is 0 Å². The fourth-order valence-corrected chi connectivity index (χ4v) is 3.09. The molecule has 1 aromatic heterocycles. The Labute approximate surface area is 133 Å². The second kappa shape index (κ2) is 7.07. The van der Waals surface area contributed by atoms with E-state index in [1.807, 2.05) is 23.1 Å². The SMILES string of the molecule is Cc1cc(-n2cccn2)ccc1CCCN1CCN(C)CC1. The van der Waals surface area contributed by atoms with E-state index in [0.29, 0.717) is 0 Å². The number of hydrogen-bond donors (Lipinski definition) is 0. The zero-order valence-electron chi connectivity index (χ0n) is 13.7. The average molecular weight is 298 g/mol. The summed E-state index contributed by atoms with van der Waals surface area (Å²) in [6, 6.07) is 8.62. The summed E-state index contributed by atoms with van der Waals surface area (Å²) in [6.45, 7) is 8.27. The van der Waals surface area contributed by atoms with Crippen molar-refractivity contribution < 1.29 is 0 Å². The number of likely N-dealkylation sites (N-methyl/N-ethyl adjacent to an activating group) is 1. The number of nitrogens with zero attached hydrogens (tertiary/aromatic N) is 4. The fourth-order valence-electron chi connectivity index (χ4n) is 3.09. The summed E-state index contributed by atoms with van der Waals surface area (Å²) in [7, 11) is 2.21. The lowest BCUT2D eigenvalue weighted by Crippen LogP contribution is -2.44. The third-order valence-electron chi connectivity index (χ3n) is 4.61. The van der Waals surface area contributed by atoms with Crippen molar-refractivity contribution in [3.05, 3.63) is 47.8 Å². The molecular weight excluding hydrogens is 272 g/mol. The average Bonchev–Trinajstić information content (AvgIpc) is 3.05. The van der Waals surface area contributed by atoms with E-state index in [9.17, 15) is 0 Å².